The lowest BCUT2D eigenvalue weighted by Crippen LogP contribution is -2.40. The highest BCUT2D eigenvalue weighted by Gasteiger charge is 2.41. The summed E-state index contributed by atoms with van der Waals surface area (Å²) in [5.74, 6) is -1.33. The van der Waals surface area contributed by atoms with Crippen molar-refractivity contribution in [2.75, 3.05) is 13.7 Å². The van der Waals surface area contributed by atoms with Crippen LogP contribution in [0.5, 0.6) is 0 Å². The number of carboxylic acids is 1. The number of carbonyl (C=O) groups excluding carboxylic acids is 1. The van der Waals surface area contributed by atoms with Crippen molar-refractivity contribution in [3.63, 3.8) is 0 Å². The molecule has 0 radical (unpaired) electrons. The third-order valence-corrected chi connectivity index (χ3v) is 4.32. The molecule has 2 heterocycles. The summed E-state index contributed by atoms with van der Waals surface area (Å²) < 4.78 is 11.6. The molecule has 0 bridgehead atoms. The number of carboxylic acid groups (broad SMARTS) is 1. The van der Waals surface area contributed by atoms with Gasteiger partial charge in [-0.15, -0.1) is 0 Å². The van der Waals surface area contributed by atoms with E-state index in [4.69, 9.17) is 9.15 Å². The van der Waals surface area contributed by atoms with Crippen LogP contribution >= 0.6 is 15.9 Å². The second kappa shape index (κ2) is 5.73. The van der Waals surface area contributed by atoms with Crippen molar-refractivity contribution < 1.29 is 23.8 Å². The van der Waals surface area contributed by atoms with Crippen LogP contribution in [0.3, 0.4) is 0 Å². The van der Waals surface area contributed by atoms with Crippen LogP contribution in [0, 0.1) is 0 Å². The Bertz CT molecular complexity index is 741. The quantitative estimate of drug-likeness (QED) is 0.901. The predicted octanol–water partition coefficient (Wildman–Crippen LogP) is 2.51. The van der Waals surface area contributed by atoms with Crippen LogP contribution in [0.4, 0.5) is 0 Å². The Morgan fingerprint density at radius 2 is 2.18 bits per heavy atom. The van der Waals surface area contributed by atoms with Crippen LogP contribution in [0.25, 0.3) is 11.0 Å². The van der Waals surface area contributed by atoms with Gasteiger partial charge in [-0.1, -0.05) is 15.9 Å². The zero-order valence-electron chi connectivity index (χ0n) is 11.8. The van der Waals surface area contributed by atoms with Crippen LogP contribution < -0.4 is 0 Å². The summed E-state index contributed by atoms with van der Waals surface area (Å²) in [6.07, 6.45) is 0.00663. The summed E-state index contributed by atoms with van der Waals surface area (Å²) in [4.78, 5) is 25.2. The SMILES string of the molecule is COC1CC(C(=O)O)N(C(=O)c2cc3cc(Br)ccc3o2)C1. The van der Waals surface area contributed by atoms with E-state index in [0.29, 0.717) is 5.58 Å². The van der Waals surface area contributed by atoms with Gasteiger partial charge in [0, 0.05) is 29.9 Å². The molecule has 2 atom stereocenters. The van der Waals surface area contributed by atoms with Gasteiger partial charge in [0.05, 0.1) is 6.10 Å². The molecule has 1 aromatic carbocycles. The van der Waals surface area contributed by atoms with E-state index in [-0.39, 0.29) is 24.8 Å². The van der Waals surface area contributed by atoms with Gasteiger partial charge in [0.2, 0.25) is 0 Å². The Labute approximate surface area is 134 Å². The van der Waals surface area contributed by atoms with Crippen LogP contribution in [-0.2, 0) is 9.53 Å². The number of nitrogens with zero attached hydrogens (tertiary/aromatic N) is 1. The van der Waals surface area contributed by atoms with Gasteiger partial charge in [-0.25, -0.2) is 4.79 Å². The number of furan rings is 1. The maximum Gasteiger partial charge on any atom is 0.326 e. The molecule has 1 aromatic heterocycles. The van der Waals surface area contributed by atoms with Crippen molar-refractivity contribution in [2.45, 2.75) is 18.6 Å². The van der Waals surface area contributed by atoms with Crippen LogP contribution in [0.15, 0.2) is 33.2 Å². The van der Waals surface area contributed by atoms with Gasteiger partial charge in [0.1, 0.15) is 11.6 Å². The Hall–Kier alpha value is -1.86. The third-order valence-electron chi connectivity index (χ3n) is 3.83. The van der Waals surface area contributed by atoms with Gasteiger partial charge in [-0.3, -0.25) is 4.79 Å². The molecule has 2 unspecified atom stereocenters. The van der Waals surface area contributed by atoms with E-state index in [1.54, 1.807) is 12.1 Å². The number of rotatable bonds is 3. The molecule has 0 aliphatic carbocycles. The number of carbonyl (C=O) groups is 2. The Morgan fingerprint density at radius 3 is 2.86 bits per heavy atom. The highest BCUT2D eigenvalue weighted by atomic mass is 79.9. The van der Waals surface area contributed by atoms with E-state index in [0.717, 1.165) is 9.86 Å². The van der Waals surface area contributed by atoms with Gasteiger partial charge < -0.3 is 19.2 Å². The van der Waals surface area contributed by atoms with E-state index < -0.39 is 17.9 Å². The predicted molar refractivity (Wildman–Crippen MR) is 81.8 cm³/mol. The lowest BCUT2D eigenvalue weighted by molar-refractivity contribution is -0.141. The molecule has 1 N–H and O–H groups in total. The van der Waals surface area contributed by atoms with Gasteiger partial charge in [0.15, 0.2) is 5.76 Å². The average Bonchev–Trinajstić information content (AvgIpc) is 3.09. The zero-order chi connectivity index (χ0) is 15.9. The maximum atomic E-state index is 12.6. The summed E-state index contributed by atoms with van der Waals surface area (Å²) >= 11 is 3.36. The molecule has 1 aliphatic heterocycles. The summed E-state index contributed by atoms with van der Waals surface area (Å²) in [7, 11) is 1.51. The first kappa shape index (κ1) is 15.1. The number of hydrogen-bond acceptors (Lipinski definition) is 4. The number of ether oxygens (including phenoxy) is 1. The number of aliphatic carboxylic acids is 1. The summed E-state index contributed by atoms with van der Waals surface area (Å²) in [5.41, 5.74) is 0.584. The monoisotopic (exact) mass is 367 g/mol. The smallest absolute Gasteiger partial charge is 0.326 e. The standard InChI is InChI=1S/C15H14BrNO5/c1-21-10-6-11(15(19)20)17(7-10)14(18)13-5-8-4-9(16)2-3-12(8)22-13/h2-5,10-11H,6-7H2,1H3,(H,19,20). The molecule has 1 aliphatic rings. The fraction of sp³-hybridized carbons (Fsp3) is 0.333. The fourth-order valence-electron chi connectivity index (χ4n) is 2.69. The molecule has 6 nitrogen and oxygen atoms in total. The minimum absolute atomic E-state index is 0.135. The molecule has 1 saturated heterocycles. The number of hydrogen-bond donors (Lipinski definition) is 1. The Morgan fingerprint density at radius 1 is 1.41 bits per heavy atom. The highest BCUT2D eigenvalue weighted by molar-refractivity contribution is 9.10. The largest absolute Gasteiger partial charge is 0.480 e. The number of methoxy groups -OCH3 is 1. The first-order valence-electron chi connectivity index (χ1n) is 6.75. The maximum absolute atomic E-state index is 12.6. The summed E-state index contributed by atoms with van der Waals surface area (Å²) in [5, 5.41) is 10.1. The molecule has 0 spiro atoms. The van der Waals surface area contributed by atoms with Crippen LogP contribution in [0.1, 0.15) is 17.0 Å². The van der Waals surface area contributed by atoms with Gasteiger partial charge in [-0.05, 0) is 24.3 Å². The van der Waals surface area contributed by atoms with Crippen molar-refractivity contribution >= 4 is 38.8 Å². The topological polar surface area (TPSA) is 80.0 Å². The van der Waals surface area contributed by atoms with Crippen molar-refractivity contribution in [3.8, 4) is 0 Å². The molecule has 7 heteroatoms. The van der Waals surface area contributed by atoms with Crippen molar-refractivity contribution in [2.24, 2.45) is 0 Å². The second-order valence-corrected chi connectivity index (χ2v) is 6.11. The fourth-order valence-corrected chi connectivity index (χ4v) is 3.07. The minimum Gasteiger partial charge on any atom is -0.480 e. The molecule has 1 fully saturated rings. The first-order chi connectivity index (χ1) is 10.5. The van der Waals surface area contributed by atoms with Gasteiger partial charge >= 0.3 is 5.97 Å². The highest BCUT2D eigenvalue weighted by Crippen LogP contribution is 2.27. The van der Waals surface area contributed by atoms with Gasteiger partial charge in [-0.2, -0.15) is 0 Å². The normalized spacial score (nSPS) is 21.5. The zero-order valence-corrected chi connectivity index (χ0v) is 13.4. The lowest BCUT2D eigenvalue weighted by Gasteiger charge is -2.19. The molecule has 22 heavy (non-hydrogen) atoms. The Kier molecular flexibility index (Phi) is 3.92. The van der Waals surface area contributed by atoms with E-state index in [2.05, 4.69) is 15.9 Å². The van der Waals surface area contributed by atoms with E-state index in [9.17, 15) is 14.7 Å². The van der Waals surface area contributed by atoms with E-state index >= 15 is 0 Å². The van der Waals surface area contributed by atoms with E-state index in [1.165, 1.54) is 12.0 Å². The van der Waals surface area contributed by atoms with Crippen LogP contribution in [0.2, 0.25) is 0 Å². The number of halogens is 1. The molecule has 2 aromatic rings. The average molecular weight is 368 g/mol. The van der Waals surface area contributed by atoms with Crippen LogP contribution in [-0.4, -0.2) is 47.7 Å². The molecule has 0 saturated carbocycles. The third kappa shape index (κ3) is 2.62. The second-order valence-electron chi connectivity index (χ2n) is 5.20. The molecule has 3 rings (SSSR count). The number of amides is 1. The van der Waals surface area contributed by atoms with Crippen molar-refractivity contribution in [1.82, 2.24) is 4.90 Å². The van der Waals surface area contributed by atoms with Crippen molar-refractivity contribution in [3.05, 3.63) is 34.5 Å². The van der Waals surface area contributed by atoms with E-state index in [1.807, 2.05) is 12.1 Å². The summed E-state index contributed by atoms with van der Waals surface area (Å²) in [6.45, 7) is 0.243. The lowest BCUT2D eigenvalue weighted by atomic mass is 10.2. The van der Waals surface area contributed by atoms with Crippen molar-refractivity contribution in [1.29, 1.82) is 0 Å². The minimum atomic E-state index is -1.04. The summed E-state index contributed by atoms with van der Waals surface area (Å²) in [6, 6.07) is 6.15. The molecule has 116 valence electrons. The first-order valence-corrected chi connectivity index (χ1v) is 7.54. The number of fused-ring (bicyclic) bond motifs is 1. The number of likely N-dealkylation sites (tertiary alicyclic amines) is 1. The molecular formula is C15H14BrNO5. The Balaban J connectivity index is 1.92. The molecular weight excluding hydrogens is 354 g/mol. The number of benzene rings is 1. The van der Waals surface area contributed by atoms with Gasteiger partial charge in [0.25, 0.3) is 5.91 Å². The molecule has 1 amide bonds.